The lowest BCUT2D eigenvalue weighted by molar-refractivity contribution is -0.138. The number of ether oxygens (including phenoxy) is 1. The highest BCUT2D eigenvalue weighted by molar-refractivity contribution is 9.10. The van der Waals surface area contributed by atoms with Gasteiger partial charge in [-0.25, -0.2) is 9.18 Å². The zero-order chi connectivity index (χ0) is 21.9. The van der Waals surface area contributed by atoms with Crippen LogP contribution >= 0.6 is 15.9 Å². The molecule has 1 saturated heterocycles. The summed E-state index contributed by atoms with van der Waals surface area (Å²) < 4.78 is 18.0. The number of aliphatic imine (C=N–C) groups is 2. The topological polar surface area (TPSA) is 54.3 Å². The summed E-state index contributed by atoms with van der Waals surface area (Å²) in [5, 5.41) is 0. The molecule has 3 aliphatic heterocycles. The molecule has 1 aromatic rings. The van der Waals surface area contributed by atoms with Gasteiger partial charge >= 0.3 is 5.97 Å². The smallest absolute Gasteiger partial charge is 0.337 e. The molecule has 0 bridgehead atoms. The minimum Gasteiger partial charge on any atom is -0.463 e. The first kappa shape index (κ1) is 24.0. The van der Waals surface area contributed by atoms with E-state index in [1.807, 2.05) is 19.2 Å². The minimum absolute atomic E-state index is 0.209. The fourth-order valence-corrected chi connectivity index (χ4v) is 3.54. The van der Waals surface area contributed by atoms with Crippen molar-refractivity contribution in [1.29, 1.82) is 0 Å². The van der Waals surface area contributed by atoms with Gasteiger partial charge in [0.15, 0.2) is 5.84 Å². The minimum atomic E-state index is -0.223. The maximum Gasteiger partial charge on any atom is 0.337 e. The van der Waals surface area contributed by atoms with Crippen LogP contribution in [0.5, 0.6) is 0 Å². The van der Waals surface area contributed by atoms with Crippen molar-refractivity contribution in [3.05, 3.63) is 58.1 Å². The van der Waals surface area contributed by atoms with Crippen LogP contribution in [-0.4, -0.2) is 42.1 Å². The van der Waals surface area contributed by atoms with Crippen LogP contribution < -0.4 is 0 Å². The molecule has 0 spiro atoms. The molecule has 1 aromatic carbocycles. The van der Waals surface area contributed by atoms with E-state index in [-0.39, 0.29) is 11.8 Å². The fourth-order valence-electron chi connectivity index (χ4n) is 3.17. The van der Waals surface area contributed by atoms with Gasteiger partial charge in [-0.2, -0.15) is 0 Å². The molecule has 5 nitrogen and oxygen atoms in total. The van der Waals surface area contributed by atoms with E-state index in [1.165, 1.54) is 18.6 Å². The number of nitrogens with zero attached hydrogens (tertiary/aromatic N) is 3. The van der Waals surface area contributed by atoms with Crippen LogP contribution in [0.4, 0.5) is 4.39 Å². The average Bonchev–Trinajstić information content (AvgIpc) is 3.41. The summed E-state index contributed by atoms with van der Waals surface area (Å²) in [7, 11) is 0. The molecule has 0 atom stereocenters. The van der Waals surface area contributed by atoms with Crippen molar-refractivity contribution in [3.63, 3.8) is 0 Å². The van der Waals surface area contributed by atoms with Crippen LogP contribution in [0.2, 0.25) is 0 Å². The third-order valence-corrected chi connectivity index (χ3v) is 4.82. The first-order valence-corrected chi connectivity index (χ1v) is 11.1. The first-order chi connectivity index (χ1) is 14.5. The molecule has 0 aromatic heterocycles. The summed E-state index contributed by atoms with van der Waals surface area (Å²) >= 11 is 3.12. The van der Waals surface area contributed by atoms with Gasteiger partial charge in [-0.05, 0) is 38.0 Å². The Morgan fingerprint density at radius 1 is 1.30 bits per heavy atom. The maximum absolute atomic E-state index is 12.1. The molecule has 0 aliphatic carbocycles. The number of allylic oxidation sites excluding steroid dienone is 2. The zero-order valence-corrected chi connectivity index (χ0v) is 19.4. The Morgan fingerprint density at radius 2 is 2.07 bits per heavy atom. The number of halogens is 2. The molecular weight excluding hydrogens is 449 g/mol. The summed E-state index contributed by atoms with van der Waals surface area (Å²) in [4.78, 5) is 23.0. The lowest BCUT2D eigenvalue weighted by Gasteiger charge is -2.28. The summed E-state index contributed by atoms with van der Waals surface area (Å²) in [6.45, 7) is 7.81. The predicted octanol–water partition coefficient (Wildman–Crippen LogP) is 5.67. The highest BCUT2D eigenvalue weighted by Gasteiger charge is 2.33. The highest BCUT2D eigenvalue weighted by Crippen LogP contribution is 2.30. The molecule has 162 valence electrons. The lowest BCUT2D eigenvalue weighted by Crippen LogP contribution is -2.37. The standard InChI is InChI=1S/C14H17N3O2.C6H4BrF.C3H8/c1-2-19-14(18)10-9-16-13(11-5-3-7-15-11)17-8-4-6-12(10)17;7-5-2-1-3-6(8)4-5;1-3-2/h3,7H,2,4-6,8-9H2,1H3;1-4H;3H2,1-2H3. The molecule has 0 amide bonds. The molecule has 7 heteroatoms. The molecule has 3 aliphatic rings. The Hall–Kier alpha value is -2.28. The van der Waals surface area contributed by atoms with Crippen LogP contribution in [0.1, 0.15) is 46.5 Å². The summed E-state index contributed by atoms with van der Waals surface area (Å²) in [5.74, 6) is 0.503. The zero-order valence-electron chi connectivity index (χ0n) is 17.8. The quantitative estimate of drug-likeness (QED) is 0.526. The number of amidine groups is 1. The van der Waals surface area contributed by atoms with Crippen molar-refractivity contribution in [2.24, 2.45) is 9.98 Å². The molecule has 4 rings (SSSR count). The van der Waals surface area contributed by atoms with Gasteiger partial charge in [-0.1, -0.05) is 48.3 Å². The van der Waals surface area contributed by atoms with Gasteiger partial charge in [0.2, 0.25) is 0 Å². The number of esters is 1. The molecule has 3 heterocycles. The second kappa shape index (κ2) is 12.4. The Morgan fingerprint density at radius 3 is 2.63 bits per heavy atom. The summed E-state index contributed by atoms with van der Waals surface area (Å²) in [6.07, 6.45) is 7.90. The van der Waals surface area contributed by atoms with Gasteiger partial charge in [0.25, 0.3) is 0 Å². The third kappa shape index (κ3) is 6.62. The van der Waals surface area contributed by atoms with E-state index in [9.17, 15) is 9.18 Å². The molecule has 0 unspecified atom stereocenters. The van der Waals surface area contributed by atoms with Gasteiger partial charge in [0.1, 0.15) is 5.82 Å². The van der Waals surface area contributed by atoms with Crippen molar-refractivity contribution in [2.45, 2.75) is 46.5 Å². The van der Waals surface area contributed by atoms with Gasteiger partial charge < -0.3 is 9.64 Å². The SMILES string of the molecule is CCC.CCOC(=O)C1=C2CCCN2C(C2=NC=CC2)=NC1.Fc1cccc(Br)c1. The molecule has 0 N–H and O–H groups in total. The van der Waals surface area contributed by atoms with Gasteiger partial charge in [-0.3, -0.25) is 9.98 Å². The van der Waals surface area contributed by atoms with Crippen LogP contribution in [0.15, 0.2) is 62.3 Å². The second-order valence-electron chi connectivity index (χ2n) is 6.85. The normalized spacial score (nSPS) is 16.6. The maximum atomic E-state index is 12.1. The number of fused-ring (bicyclic) bond motifs is 1. The Bertz CT molecular complexity index is 845. The first-order valence-electron chi connectivity index (χ1n) is 10.4. The van der Waals surface area contributed by atoms with Gasteiger partial charge in [0.05, 0.1) is 24.4 Å². The summed E-state index contributed by atoms with van der Waals surface area (Å²) in [6, 6.07) is 6.26. The fraction of sp³-hybridized carbons (Fsp3) is 0.435. The molecule has 0 saturated carbocycles. The number of hydrogen-bond donors (Lipinski definition) is 0. The van der Waals surface area contributed by atoms with Crippen LogP contribution in [-0.2, 0) is 9.53 Å². The second-order valence-corrected chi connectivity index (χ2v) is 7.77. The van der Waals surface area contributed by atoms with Crippen molar-refractivity contribution in [2.75, 3.05) is 19.7 Å². The highest BCUT2D eigenvalue weighted by atomic mass is 79.9. The van der Waals surface area contributed by atoms with E-state index < -0.39 is 0 Å². The van der Waals surface area contributed by atoms with Crippen LogP contribution in [0.25, 0.3) is 0 Å². The van der Waals surface area contributed by atoms with Crippen molar-refractivity contribution < 1.29 is 13.9 Å². The van der Waals surface area contributed by atoms with Gasteiger partial charge in [0, 0.05) is 29.3 Å². The van der Waals surface area contributed by atoms with E-state index in [2.05, 4.69) is 44.7 Å². The Kier molecular flexibility index (Phi) is 9.94. The summed E-state index contributed by atoms with van der Waals surface area (Å²) in [5.41, 5.74) is 2.80. The van der Waals surface area contributed by atoms with E-state index in [1.54, 1.807) is 12.1 Å². The third-order valence-electron chi connectivity index (χ3n) is 4.33. The Labute approximate surface area is 186 Å². The number of carbonyl (C=O) groups excluding carboxylic acids is 1. The van der Waals surface area contributed by atoms with Crippen LogP contribution in [0.3, 0.4) is 0 Å². The molecule has 0 radical (unpaired) electrons. The largest absolute Gasteiger partial charge is 0.463 e. The monoisotopic (exact) mass is 477 g/mol. The number of rotatable bonds is 3. The van der Waals surface area contributed by atoms with E-state index in [4.69, 9.17) is 4.74 Å². The lowest BCUT2D eigenvalue weighted by atomic mass is 10.1. The van der Waals surface area contributed by atoms with E-state index >= 15 is 0 Å². The van der Waals surface area contributed by atoms with Crippen molar-refractivity contribution >= 4 is 33.4 Å². The number of benzene rings is 1. The average molecular weight is 478 g/mol. The van der Waals surface area contributed by atoms with Crippen LogP contribution in [0, 0.1) is 5.82 Å². The van der Waals surface area contributed by atoms with Gasteiger partial charge in [-0.15, -0.1) is 0 Å². The van der Waals surface area contributed by atoms with E-state index in [0.717, 1.165) is 53.1 Å². The number of carbonyl (C=O) groups is 1. The molecular formula is C23H29BrFN3O2. The molecule has 1 fully saturated rings. The van der Waals surface area contributed by atoms with E-state index in [0.29, 0.717) is 13.2 Å². The number of hydrogen-bond acceptors (Lipinski definition) is 5. The van der Waals surface area contributed by atoms with Crippen molar-refractivity contribution in [3.8, 4) is 0 Å². The predicted molar refractivity (Wildman–Crippen MR) is 123 cm³/mol. The Balaban J connectivity index is 0.000000243. The molecule has 30 heavy (non-hydrogen) atoms. The van der Waals surface area contributed by atoms with Crippen molar-refractivity contribution in [1.82, 2.24) is 4.90 Å².